The lowest BCUT2D eigenvalue weighted by Crippen LogP contribution is -1.90. The van der Waals surface area contributed by atoms with E-state index >= 15 is 0 Å². The summed E-state index contributed by atoms with van der Waals surface area (Å²) >= 11 is 0. The molecule has 0 saturated heterocycles. The molecule has 98 valence electrons. The quantitative estimate of drug-likeness (QED) is 0.568. The van der Waals surface area contributed by atoms with Crippen molar-refractivity contribution >= 4 is 27.5 Å². The van der Waals surface area contributed by atoms with Crippen molar-refractivity contribution in [2.75, 3.05) is 5.32 Å². The molecular weight excluding hydrogens is 260 g/mol. The number of hydrogen-bond donors (Lipinski definition) is 1. The molecule has 1 N–H and O–H groups in total. The summed E-state index contributed by atoms with van der Waals surface area (Å²) in [6.45, 7) is 0. The number of nitriles is 2. The fourth-order valence-electron chi connectivity index (χ4n) is 2.12. The number of benzene rings is 2. The second kappa shape index (κ2) is 5.32. The first kappa shape index (κ1) is 12.7. The molecule has 0 aliphatic carbocycles. The van der Waals surface area contributed by atoms with Crippen LogP contribution in [0.4, 0.5) is 5.69 Å². The van der Waals surface area contributed by atoms with E-state index in [-0.39, 0.29) is 5.57 Å². The monoisotopic (exact) mass is 270 g/mol. The molecule has 0 unspecified atom stereocenters. The highest BCUT2D eigenvalue weighted by Gasteiger charge is 2.00. The minimum absolute atomic E-state index is 0.0340. The van der Waals surface area contributed by atoms with Crippen LogP contribution in [0.15, 0.2) is 60.3 Å². The van der Waals surface area contributed by atoms with Crippen molar-refractivity contribution in [1.29, 1.82) is 10.5 Å². The molecule has 0 aliphatic rings. The SMILES string of the molecule is N#CC(C#N)=CNc1ccc2nc3ccccc3cc2c1. The van der Waals surface area contributed by atoms with E-state index < -0.39 is 0 Å². The van der Waals surface area contributed by atoms with Gasteiger partial charge in [-0.3, -0.25) is 0 Å². The molecule has 4 nitrogen and oxygen atoms in total. The summed E-state index contributed by atoms with van der Waals surface area (Å²) < 4.78 is 0. The van der Waals surface area contributed by atoms with Gasteiger partial charge in [0.05, 0.1) is 11.0 Å². The lowest BCUT2D eigenvalue weighted by molar-refractivity contribution is 1.44. The molecule has 3 aromatic rings. The van der Waals surface area contributed by atoms with Crippen LogP contribution in [-0.2, 0) is 0 Å². The standard InChI is InChI=1S/C17H10N4/c18-9-12(10-19)11-20-15-5-6-17-14(8-15)7-13-3-1-2-4-16(13)21-17/h1-8,11,20H. The van der Waals surface area contributed by atoms with E-state index in [1.807, 2.05) is 54.6 Å². The maximum atomic E-state index is 8.70. The van der Waals surface area contributed by atoms with Crippen LogP contribution in [0.25, 0.3) is 21.8 Å². The zero-order valence-corrected chi connectivity index (χ0v) is 11.0. The molecule has 0 radical (unpaired) electrons. The molecule has 0 saturated carbocycles. The van der Waals surface area contributed by atoms with E-state index in [9.17, 15) is 0 Å². The molecular formula is C17H10N4. The number of anilines is 1. The fourth-order valence-corrected chi connectivity index (χ4v) is 2.12. The van der Waals surface area contributed by atoms with Crippen LogP contribution >= 0.6 is 0 Å². The number of rotatable bonds is 2. The second-order valence-electron chi connectivity index (χ2n) is 4.51. The van der Waals surface area contributed by atoms with E-state index in [0.29, 0.717) is 0 Å². The Kier molecular flexibility index (Phi) is 3.21. The van der Waals surface area contributed by atoms with Crippen LogP contribution in [0.2, 0.25) is 0 Å². The normalized spacial score (nSPS) is 9.81. The van der Waals surface area contributed by atoms with Gasteiger partial charge in [-0.2, -0.15) is 10.5 Å². The number of nitrogens with one attached hydrogen (secondary N) is 1. The summed E-state index contributed by atoms with van der Waals surface area (Å²) in [6.07, 6.45) is 1.40. The van der Waals surface area contributed by atoms with Crippen LogP contribution in [0.5, 0.6) is 0 Å². The van der Waals surface area contributed by atoms with Gasteiger partial charge >= 0.3 is 0 Å². The molecule has 2 aromatic carbocycles. The third kappa shape index (κ3) is 2.51. The molecule has 0 spiro atoms. The van der Waals surface area contributed by atoms with E-state index in [1.165, 1.54) is 6.20 Å². The summed E-state index contributed by atoms with van der Waals surface area (Å²) in [5, 5.41) is 22.4. The van der Waals surface area contributed by atoms with E-state index in [1.54, 1.807) is 0 Å². The first-order valence-corrected chi connectivity index (χ1v) is 6.36. The smallest absolute Gasteiger partial charge is 0.145 e. The van der Waals surface area contributed by atoms with Crippen LogP contribution < -0.4 is 5.32 Å². The van der Waals surface area contributed by atoms with Crippen molar-refractivity contribution in [2.24, 2.45) is 0 Å². The summed E-state index contributed by atoms with van der Waals surface area (Å²) in [5.74, 6) is 0. The Morgan fingerprint density at radius 2 is 1.71 bits per heavy atom. The predicted octanol–water partition coefficient (Wildman–Crippen LogP) is 3.73. The fraction of sp³-hybridized carbons (Fsp3) is 0. The average molecular weight is 270 g/mol. The topological polar surface area (TPSA) is 72.5 Å². The minimum Gasteiger partial charge on any atom is -0.360 e. The van der Waals surface area contributed by atoms with Gasteiger partial charge in [0.1, 0.15) is 17.7 Å². The van der Waals surface area contributed by atoms with Gasteiger partial charge in [-0.15, -0.1) is 0 Å². The number of para-hydroxylation sites is 1. The molecule has 3 rings (SSSR count). The van der Waals surface area contributed by atoms with Gasteiger partial charge in [0, 0.05) is 22.7 Å². The van der Waals surface area contributed by atoms with Gasteiger partial charge < -0.3 is 5.32 Å². The lowest BCUT2D eigenvalue weighted by Gasteiger charge is -2.05. The first-order chi connectivity index (χ1) is 10.3. The molecule has 0 atom stereocenters. The number of aromatic nitrogens is 1. The van der Waals surface area contributed by atoms with Crippen molar-refractivity contribution in [3.8, 4) is 12.1 Å². The maximum Gasteiger partial charge on any atom is 0.145 e. The summed E-state index contributed by atoms with van der Waals surface area (Å²) in [7, 11) is 0. The Morgan fingerprint density at radius 3 is 2.52 bits per heavy atom. The average Bonchev–Trinajstić information content (AvgIpc) is 2.53. The minimum atomic E-state index is 0.0340. The highest BCUT2D eigenvalue weighted by Crippen LogP contribution is 2.22. The molecule has 0 fully saturated rings. The van der Waals surface area contributed by atoms with Gasteiger partial charge in [-0.25, -0.2) is 4.98 Å². The van der Waals surface area contributed by atoms with Gasteiger partial charge in [0.2, 0.25) is 0 Å². The highest BCUT2D eigenvalue weighted by molar-refractivity contribution is 5.94. The van der Waals surface area contributed by atoms with E-state index in [0.717, 1.165) is 27.5 Å². The van der Waals surface area contributed by atoms with Gasteiger partial charge in [-0.05, 0) is 30.3 Å². The molecule has 1 aromatic heterocycles. The van der Waals surface area contributed by atoms with Gasteiger partial charge in [0.15, 0.2) is 0 Å². The zero-order valence-electron chi connectivity index (χ0n) is 11.0. The van der Waals surface area contributed by atoms with Gasteiger partial charge in [0.25, 0.3) is 0 Å². The Bertz CT molecular complexity index is 926. The maximum absolute atomic E-state index is 8.70. The molecule has 4 heteroatoms. The third-order valence-electron chi connectivity index (χ3n) is 3.14. The Labute approximate surface area is 121 Å². The molecule has 0 aliphatic heterocycles. The lowest BCUT2D eigenvalue weighted by atomic mass is 10.1. The Balaban J connectivity index is 2.04. The van der Waals surface area contributed by atoms with Crippen LogP contribution in [0.1, 0.15) is 0 Å². The number of fused-ring (bicyclic) bond motifs is 2. The molecule has 1 heterocycles. The molecule has 0 amide bonds. The number of pyridine rings is 1. The second-order valence-corrected chi connectivity index (χ2v) is 4.51. The highest BCUT2D eigenvalue weighted by atomic mass is 14.8. The summed E-state index contributed by atoms with van der Waals surface area (Å²) in [4.78, 5) is 4.60. The van der Waals surface area contributed by atoms with Crippen molar-refractivity contribution in [1.82, 2.24) is 4.98 Å². The van der Waals surface area contributed by atoms with Crippen molar-refractivity contribution in [3.05, 3.63) is 60.3 Å². The van der Waals surface area contributed by atoms with E-state index in [4.69, 9.17) is 10.5 Å². The third-order valence-corrected chi connectivity index (χ3v) is 3.14. The molecule has 0 bridgehead atoms. The van der Waals surface area contributed by atoms with Gasteiger partial charge in [-0.1, -0.05) is 18.2 Å². The van der Waals surface area contributed by atoms with Crippen molar-refractivity contribution in [2.45, 2.75) is 0 Å². The van der Waals surface area contributed by atoms with Crippen LogP contribution in [-0.4, -0.2) is 4.98 Å². The number of allylic oxidation sites excluding steroid dienone is 1. The van der Waals surface area contributed by atoms with Crippen LogP contribution in [0.3, 0.4) is 0 Å². The van der Waals surface area contributed by atoms with Crippen molar-refractivity contribution < 1.29 is 0 Å². The number of hydrogen-bond acceptors (Lipinski definition) is 4. The van der Waals surface area contributed by atoms with E-state index in [2.05, 4.69) is 16.4 Å². The molecule has 21 heavy (non-hydrogen) atoms. The van der Waals surface area contributed by atoms with Crippen LogP contribution in [0, 0.1) is 22.7 Å². The van der Waals surface area contributed by atoms with Crippen molar-refractivity contribution in [3.63, 3.8) is 0 Å². The first-order valence-electron chi connectivity index (χ1n) is 6.36. The predicted molar refractivity (Wildman–Crippen MR) is 82.2 cm³/mol. The largest absolute Gasteiger partial charge is 0.360 e. The number of nitrogens with zero attached hydrogens (tertiary/aromatic N) is 3. The summed E-state index contributed by atoms with van der Waals surface area (Å²) in [5.41, 5.74) is 2.71. The Morgan fingerprint density at radius 1 is 0.952 bits per heavy atom. The zero-order chi connectivity index (χ0) is 14.7. The summed E-state index contributed by atoms with van der Waals surface area (Å²) in [6, 6.07) is 19.4. The Hall–Kier alpha value is -3.37.